The second-order valence-corrected chi connectivity index (χ2v) is 9.17. The number of anilines is 1. The Labute approximate surface area is 164 Å². The van der Waals surface area contributed by atoms with E-state index in [9.17, 15) is 23.1 Å². The van der Waals surface area contributed by atoms with Crippen LogP contribution in [0.5, 0.6) is 0 Å². The summed E-state index contributed by atoms with van der Waals surface area (Å²) in [4.78, 5) is 25.0. The van der Waals surface area contributed by atoms with Crippen LogP contribution >= 0.6 is 0 Å². The van der Waals surface area contributed by atoms with Gasteiger partial charge in [-0.3, -0.25) is 9.69 Å². The lowest BCUT2D eigenvalue weighted by Gasteiger charge is -2.24. The van der Waals surface area contributed by atoms with Gasteiger partial charge in [0.05, 0.1) is 13.2 Å². The summed E-state index contributed by atoms with van der Waals surface area (Å²) in [5.74, 6) is 4.47. The van der Waals surface area contributed by atoms with Gasteiger partial charge in [0, 0.05) is 37.5 Å². The first-order valence-corrected chi connectivity index (χ1v) is 10.5. The number of methoxy groups -OCH3 is 1. The van der Waals surface area contributed by atoms with Gasteiger partial charge < -0.3 is 14.6 Å². The van der Waals surface area contributed by atoms with E-state index in [-0.39, 0.29) is 13.0 Å². The highest BCUT2D eigenvalue weighted by atomic mass is 32.2. The van der Waals surface area contributed by atoms with E-state index >= 15 is 0 Å². The van der Waals surface area contributed by atoms with Crippen LogP contribution in [0.2, 0.25) is 0 Å². The number of amides is 1. The van der Waals surface area contributed by atoms with Gasteiger partial charge in [-0.1, -0.05) is 11.8 Å². The number of sulfone groups is 1. The van der Waals surface area contributed by atoms with Crippen molar-refractivity contribution < 1.29 is 32.6 Å². The summed E-state index contributed by atoms with van der Waals surface area (Å²) in [5.41, 5.74) is 1.34. The molecule has 1 fully saturated rings. The minimum Gasteiger partial charge on any atom is -0.480 e. The van der Waals surface area contributed by atoms with Crippen molar-refractivity contribution in [3.63, 3.8) is 0 Å². The van der Waals surface area contributed by atoms with Gasteiger partial charge in [0.1, 0.15) is 6.10 Å². The molecule has 1 heterocycles. The normalized spacial score (nSPS) is 18.8. The number of benzene rings is 1. The molecule has 28 heavy (non-hydrogen) atoms. The Morgan fingerprint density at radius 1 is 1.39 bits per heavy atom. The van der Waals surface area contributed by atoms with Crippen molar-refractivity contribution in [3.05, 3.63) is 29.8 Å². The van der Waals surface area contributed by atoms with Crippen LogP contribution in [0.15, 0.2) is 24.3 Å². The van der Waals surface area contributed by atoms with Crippen molar-refractivity contribution in [3.8, 4) is 11.8 Å². The Kier molecular flexibility index (Phi) is 6.69. The van der Waals surface area contributed by atoms with Crippen molar-refractivity contribution in [1.29, 1.82) is 0 Å². The summed E-state index contributed by atoms with van der Waals surface area (Å²) in [5, 5.41) is 9.36. The molecule has 0 saturated carbocycles. The van der Waals surface area contributed by atoms with E-state index < -0.39 is 32.8 Å². The fraction of sp³-hybridized carbons (Fsp3) is 0.474. The van der Waals surface area contributed by atoms with E-state index in [1.165, 1.54) is 4.90 Å². The molecular formula is C19H23NO7S. The van der Waals surface area contributed by atoms with Gasteiger partial charge in [0.2, 0.25) is 0 Å². The third kappa shape index (κ3) is 4.82. The van der Waals surface area contributed by atoms with Crippen LogP contribution in [0.4, 0.5) is 10.5 Å². The van der Waals surface area contributed by atoms with Gasteiger partial charge in [-0.25, -0.2) is 13.2 Å². The standard InChI is InChI=1S/C19H23NO7S/c1-19(17(21)22,28(3,24)25)12-16-13-20(18(23)27-16)15-9-7-14(8-10-15)6-4-5-11-26-2/h7-10,16H,5,11-13H2,1-3H3,(H,21,22). The zero-order valence-electron chi connectivity index (χ0n) is 16.0. The molecule has 1 aromatic carbocycles. The molecular weight excluding hydrogens is 386 g/mol. The SMILES string of the molecule is COCCC#Cc1ccc(N2CC(CC(C)(C(=O)O)S(C)(=O)=O)OC2=O)cc1. The summed E-state index contributed by atoms with van der Waals surface area (Å²) < 4.78 is 31.9. The lowest BCUT2D eigenvalue weighted by molar-refractivity contribution is -0.140. The van der Waals surface area contributed by atoms with Gasteiger partial charge in [-0.05, 0) is 31.2 Å². The van der Waals surface area contributed by atoms with Crippen LogP contribution in [0.25, 0.3) is 0 Å². The fourth-order valence-corrected chi connectivity index (χ4v) is 3.52. The maximum atomic E-state index is 12.2. The number of nitrogens with zero attached hydrogens (tertiary/aromatic N) is 1. The Morgan fingerprint density at radius 2 is 2.04 bits per heavy atom. The zero-order valence-corrected chi connectivity index (χ0v) is 16.8. The molecule has 2 atom stereocenters. The molecule has 0 aromatic heterocycles. The van der Waals surface area contributed by atoms with E-state index in [2.05, 4.69) is 11.8 Å². The molecule has 1 amide bonds. The van der Waals surface area contributed by atoms with Gasteiger partial charge in [0.15, 0.2) is 14.6 Å². The number of hydrogen-bond donors (Lipinski definition) is 1. The molecule has 2 unspecified atom stereocenters. The number of ether oxygens (including phenoxy) is 2. The summed E-state index contributed by atoms with van der Waals surface area (Å²) in [6.07, 6.45) is -0.350. The molecule has 1 saturated heterocycles. The van der Waals surface area contributed by atoms with Crippen molar-refractivity contribution in [2.24, 2.45) is 0 Å². The topological polar surface area (TPSA) is 110 Å². The highest BCUT2D eigenvalue weighted by Crippen LogP contribution is 2.30. The Bertz CT molecular complexity index is 898. The molecule has 0 bridgehead atoms. The maximum absolute atomic E-state index is 12.2. The minimum absolute atomic E-state index is 0.0656. The van der Waals surface area contributed by atoms with Crippen LogP contribution in [0.3, 0.4) is 0 Å². The molecule has 9 heteroatoms. The first kappa shape index (κ1) is 21.7. The summed E-state index contributed by atoms with van der Waals surface area (Å²) >= 11 is 0. The third-order valence-corrected chi connectivity index (χ3v) is 6.58. The summed E-state index contributed by atoms with van der Waals surface area (Å²) in [7, 11) is -2.30. The van der Waals surface area contributed by atoms with E-state index in [1.54, 1.807) is 31.4 Å². The molecule has 1 aromatic rings. The number of carboxylic acid groups (broad SMARTS) is 1. The van der Waals surface area contributed by atoms with E-state index in [0.29, 0.717) is 18.7 Å². The maximum Gasteiger partial charge on any atom is 0.414 e. The lowest BCUT2D eigenvalue weighted by Crippen LogP contribution is -2.46. The van der Waals surface area contributed by atoms with Crippen LogP contribution < -0.4 is 4.90 Å². The molecule has 1 N–H and O–H groups in total. The monoisotopic (exact) mass is 409 g/mol. The largest absolute Gasteiger partial charge is 0.480 e. The first-order chi connectivity index (χ1) is 13.1. The van der Waals surface area contributed by atoms with Crippen molar-refractivity contribution in [2.75, 3.05) is 31.4 Å². The van der Waals surface area contributed by atoms with Gasteiger partial charge in [0.25, 0.3) is 0 Å². The molecule has 1 aliphatic heterocycles. The highest BCUT2D eigenvalue weighted by Gasteiger charge is 2.48. The smallest absolute Gasteiger partial charge is 0.414 e. The van der Waals surface area contributed by atoms with E-state index in [4.69, 9.17) is 9.47 Å². The molecule has 0 radical (unpaired) electrons. The number of carboxylic acids is 1. The molecule has 0 aliphatic carbocycles. The fourth-order valence-electron chi connectivity index (χ4n) is 2.71. The number of carbonyl (C=O) groups excluding carboxylic acids is 1. The molecule has 0 spiro atoms. The Balaban J connectivity index is 2.10. The molecule has 152 valence electrons. The van der Waals surface area contributed by atoms with Crippen LogP contribution in [-0.2, 0) is 24.1 Å². The van der Waals surface area contributed by atoms with Crippen LogP contribution in [0.1, 0.15) is 25.3 Å². The highest BCUT2D eigenvalue weighted by molar-refractivity contribution is 7.92. The quantitative estimate of drug-likeness (QED) is 0.539. The minimum atomic E-state index is -3.90. The first-order valence-electron chi connectivity index (χ1n) is 8.57. The lowest BCUT2D eigenvalue weighted by atomic mass is 10.0. The van der Waals surface area contributed by atoms with E-state index in [0.717, 1.165) is 18.7 Å². The Morgan fingerprint density at radius 3 is 2.57 bits per heavy atom. The van der Waals surface area contributed by atoms with Crippen molar-refractivity contribution in [2.45, 2.75) is 30.6 Å². The molecule has 2 rings (SSSR count). The number of cyclic esters (lactones) is 1. The summed E-state index contributed by atoms with van der Waals surface area (Å²) in [6.45, 7) is 1.74. The van der Waals surface area contributed by atoms with Crippen LogP contribution in [0, 0.1) is 11.8 Å². The van der Waals surface area contributed by atoms with Gasteiger partial charge in [-0.2, -0.15) is 0 Å². The predicted molar refractivity (Wildman–Crippen MR) is 103 cm³/mol. The summed E-state index contributed by atoms with van der Waals surface area (Å²) in [6, 6.07) is 6.93. The Hall–Kier alpha value is -2.57. The number of aliphatic carboxylic acids is 1. The zero-order chi connectivity index (χ0) is 20.9. The average Bonchev–Trinajstić information content (AvgIpc) is 2.98. The van der Waals surface area contributed by atoms with Gasteiger partial charge in [-0.15, -0.1) is 0 Å². The molecule has 8 nitrogen and oxygen atoms in total. The second kappa shape index (κ2) is 8.63. The number of hydrogen-bond acceptors (Lipinski definition) is 6. The van der Waals surface area contributed by atoms with Crippen molar-refractivity contribution >= 4 is 27.6 Å². The predicted octanol–water partition coefficient (Wildman–Crippen LogP) is 1.68. The third-order valence-electron chi connectivity index (χ3n) is 4.60. The van der Waals surface area contributed by atoms with Crippen LogP contribution in [-0.4, -0.2) is 63.0 Å². The number of rotatable bonds is 7. The molecule has 1 aliphatic rings. The number of carbonyl (C=O) groups is 2. The van der Waals surface area contributed by atoms with E-state index in [1.807, 2.05) is 0 Å². The van der Waals surface area contributed by atoms with Crippen molar-refractivity contribution in [1.82, 2.24) is 0 Å². The average molecular weight is 409 g/mol. The van der Waals surface area contributed by atoms with Gasteiger partial charge >= 0.3 is 12.1 Å². The second-order valence-electron chi connectivity index (χ2n) is 6.72.